The second-order valence-electron chi connectivity index (χ2n) is 7.34. The van der Waals surface area contributed by atoms with Crippen molar-refractivity contribution in [2.75, 3.05) is 11.1 Å². The number of thioether (sulfide) groups is 1. The number of benzene rings is 2. The summed E-state index contributed by atoms with van der Waals surface area (Å²) in [5.74, 6) is 1.05. The summed E-state index contributed by atoms with van der Waals surface area (Å²) in [4.78, 5) is 29.9. The molecule has 0 aliphatic carbocycles. The number of carbonyl (C=O) groups excluding carboxylic acids is 1. The molecule has 0 fully saturated rings. The average molecular weight is 468 g/mol. The van der Waals surface area contributed by atoms with Gasteiger partial charge in [0.1, 0.15) is 18.2 Å². The number of anilines is 1. The third-order valence-corrected chi connectivity index (χ3v) is 6.66. The van der Waals surface area contributed by atoms with Crippen LogP contribution in [0, 0.1) is 0 Å². The van der Waals surface area contributed by atoms with E-state index in [0.29, 0.717) is 33.1 Å². The number of amides is 1. The van der Waals surface area contributed by atoms with E-state index in [2.05, 4.69) is 16.9 Å². The second-order valence-corrected chi connectivity index (χ2v) is 8.74. The standard InChI is InChI=1S/C24H22ClN3O3S/c1-3-12-32-24-27-23(30)21-17(13-20(29)26-22(21)28(24)2)16-9-5-7-11-19(16)31-14-15-8-4-6-10-18(15)25/h3-11,17H,1,12-14H2,2H3,(H,26,29). The average Bonchev–Trinajstić information content (AvgIpc) is 2.79. The van der Waals surface area contributed by atoms with Crippen molar-refractivity contribution in [1.29, 1.82) is 0 Å². The Labute approximate surface area is 195 Å². The van der Waals surface area contributed by atoms with E-state index >= 15 is 0 Å². The number of hydrogen-bond acceptors (Lipinski definition) is 5. The Morgan fingerprint density at radius 2 is 2.00 bits per heavy atom. The van der Waals surface area contributed by atoms with E-state index in [0.717, 1.165) is 11.1 Å². The number of carbonyl (C=O) groups is 1. The monoisotopic (exact) mass is 467 g/mol. The maximum atomic E-state index is 13.1. The van der Waals surface area contributed by atoms with Crippen LogP contribution in [0.2, 0.25) is 5.02 Å². The molecule has 1 N–H and O–H groups in total. The summed E-state index contributed by atoms with van der Waals surface area (Å²) < 4.78 is 7.85. The molecule has 1 amide bonds. The number of nitrogens with one attached hydrogen (secondary N) is 1. The molecule has 2 aromatic carbocycles. The van der Waals surface area contributed by atoms with E-state index in [1.807, 2.05) is 48.5 Å². The van der Waals surface area contributed by atoms with Crippen LogP contribution in [0.4, 0.5) is 5.82 Å². The first-order valence-corrected chi connectivity index (χ1v) is 11.5. The van der Waals surface area contributed by atoms with Crippen LogP contribution in [0.3, 0.4) is 0 Å². The lowest BCUT2D eigenvalue weighted by atomic mass is 9.86. The third-order valence-electron chi connectivity index (χ3n) is 5.27. The summed E-state index contributed by atoms with van der Waals surface area (Å²) in [6.45, 7) is 3.98. The molecule has 0 bridgehead atoms. The van der Waals surface area contributed by atoms with Crippen molar-refractivity contribution in [3.8, 4) is 5.75 Å². The molecule has 1 aliphatic heterocycles. The number of nitrogens with zero attached hydrogens (tertiary/aromatic N) is 2. The summed E-state index contributed by atoms with van der Waals surface area (Å²) in [6, 6.07) is 14.9. The molecule has 1 aliphatic rings. The largest absolute Gasteiger partial charge is 0.489 e. The van der Waals surface area contributed by atoms with E-state index in [9.17, 15) is 9.59 Å². The molecule has 8 heteroatoms. The molecule has 0 radical (unpaired) electrons. The van der Waals surface area contributed by atoms with Crippen LogP contribution in [0.25, 0.3) is 0 Å². The molecule has 3 aromatic rings. The zero-order valence-electron chi connectivity index (χ0n) is 17.5. The minimum atomic E-state index is -0.467. The van der Waals surface area contributed by atoms with Crippen LogP contribution in [-0.4, -0.2) is 21.2 Å². The number of para-hydroxylation sites is 1. The molecule has 0 saturated heterocycles. The van der Waals surface area contributed by atoms with Crippen molar-refractivity contribution in [3.63, 3.8) is 0 Å². The van der Waals surface area contributed by atoms with Gasteiger partial charge in [-0.05, 0) is 12.1 Å². The van der Waals surface area contributed by atoms with Crippen LogP contribution >= 0.6 is 23.4 Å². The number of aromatic nitrogens is 2. The van der Waals surface area contributed by atoms with Crippen molar-refractivity contribution < 1.29 is 9.53 Å². The van der Waals surface area contributed by atoms with Gasteiger partial charge in [0.05, 0.1) is 5.56 Å². The summed E-state index contributed by atoms with van der Waals surface area (Å²) in [6.07, 6.45) is 1.87. The molecule has 2 heterocycles. The van der Waals surface area contributed by atoms with Crippen LogP contribution in [-0.2, 0) is 18.4 Å². The quantitative estimate of drug-likeness (QED) is 0.308. The summed E-state index contributed by atoms with van der Waals surface area (Å²) in [5, 5.41) is 4.00. The van der Waals surface area contributed by atoms with E-state index in [1.54, 1.807) is 17.7 Å². The van der Waals surface area contributed by atoms with E-state index in [-0.39, 0.29) is 24.5 Å². The number of rotatable bonds is 7. The smallest absolute Gasteiger partial charge is 0.279 e. The van der Waals surface area contributed by atoms with Gasteiger partial charge in [-0.2, -0.15) is 4.98 Å². The fourth-order valence-corrected chi connectivity index (χ4v) is 4.62. The molecule has 0 saturated carbocycles. The molecule has 32 heavy (non-hydrogen) atoms. The second kappa shape index (κ2) is 9.63. The predicted molar refractivity (Wildman–Crippen MR) is 128 cm³/mol. The van der Waals surface area contributed by atoms with Crippen LogP contribution in [0.1, 0.15) is 29.0 Å². The van der Waals surface area contributed by atoms with E-state index in [1.165, 1.54) is 11.8 Å². The molecule has 4 rings (SSSR count). The first-order chi connectivity index (χ1) is 15.5. The van der Waals surface area contributed by atoms with Crippen LogP contribution < -0.4 is 15.6 Å². The van der Waals surface area contributed by atoms with Crippen molar-refractivity contribution in [2.45, 2.75) is 24.1 Å². The Morgan fingerprint density at radius 3 is 2.78 bits per heavy atom. The van der Waals surface area contributed by atoms with Gasteiger partial charge in [-0.15, -0.1) is 6.58 Å². The molecular weight excluding hydrogens is 446 g/mol. The van der Waals surface area contributed by atoms with Crippen LogP contribution in [0.15, 0.2) is 71.1 Å². The fraction of sp³-hybridized carbons (Fsp3) is 0.208. The Morgan fingerprint density at radius 1 is 1.25 bits per heavy atom. The minimum absolute atomic E-state index is 0.134. The summed E-state index contributed by atoms with van der Waals surface area (Å²) in [5.41, 5.74) is 1.73. The maximum Gasteiger partial charge on any atom is 0.279 e. The van der Waals surface area contributed by atoms with Gasteiger partial charge < -0.3 is 14.6 Å². The van der Waals surface area contributed by atoms with Gasteiger partial charge in [0.15, 0.2) is 5.16 Å². The number of fused-ring (bicyclic) bond motifs is 1. The fourth-order valence-electron chi connectivity index (χ4n) is 3.73. The Bertz CT molecular complexity index is 1240. The highest BCUT2D eigenvalue weighted by Gasteiger charge is 2.33. The number of hydrogen-bond donors (Lipinski definition) is 1. The van der Waals surface area contributed by atoms with Gasteiger partial charge in [-0.1, -0.05) is 65.8 Å². The highest BCUT2D eigenvalue weighted by atomic mass is 35.5. The van der Waals surface area contributed by atoms with Gasteiger partial charge in [0.2, 0.25) is 5.91 Å². The number of ether oxygens (including phenoxy) is 1. The lowest BCUT2D eigenvalue weighted by molar-refractivity contribution is -0.116. The Balaban J connectivity index is 1.74. The molecule has 6 nitrogen and oxygen atoms in total. The normalized spacial score (nSPS) is 15.1. The van der Waals surface area contributed by atoms with Gasteiger partial charge in [-0.3, -0.25) is 9.59 Å². The molecular formula is C24H22ClN3O3S. The van der Waals surface area contributed by atoms with Crippen molar-refractivity contribution in [3.05, 3.63) is 93.3 Å². The molecule has 1 atom stereocenters. The first kappa shape index (κ1) is 22.2. The van der Waals surface area contributed by atoms with Crippen molar-refractivity contribution >= 4 is 35.1 Å². The Hall–Kier alpha value is -3.03. The summed E-state index contributed by atoms with van der Waals surface area (Å²) >= 11 is 7.65. The third kappa shape index (κ3) is 4.45. The Kier molecular flexibility index (Phi) is 6.67. The molecule has 164 valence electrons. The zero-order chi connectivity index (χ0) is 22.7. The van der Waals surface area contributed by atoms with Crippen molar-refractivity contribution in [1.82, 2.24) is 9.55 Å². The van der Waals surface area contributed by atoms with Gasteiger partial charge in [0.25, 0.3) is 5.56 Å². The van der Waals surface area contributed by atoms with Crippen LogP contribution in [0.5, 0.6) is 5.75 Å². The summed E-state index contributed by atoms with van der Waals surface area (Å²) in [7, 11) is 1.79. The lowest BCUT2D eigenvalue weighted by Crippen LogP contribution is -2.33. The van der Waals surface area contributed by atoms with Crippen molar-refractivity contribution in [2.24, 2.45) is 7.05 Å². The molecule has 1 aromatic heterocycles. The lowest BCUT2D eigenvalue weighted by Gasteiger charge is -2.28. The van der Waals surface area contributed by atoms with Gasteiger partial charge in [0, 0.05) is 41.3 Å². The SMILES string of the molecule is C=CCSc1nc(=O)c2c(n1C)NC(=O)CC2c1ccccc1OCc1ccccc1Cl. The van der Waals surface area contributed by atoms with Gasteiger partial charge in [-0.25, -0.2) is 0 Å². The maximum absolute atomic E-state index is 13.1. The number of halogens is 1. The van der Waals surface area contributed by atoms with E-state index in [4.69, 9.17) is 16.3 Å². The molecule has 0 spiro atoms. The van der Waals surface area contributed by atoms with E-state index < -0.39 is 5.92 Å². The highest BCUT2D eigenvalue weighted by Crippen LogP contribution is 2.39. The van der Waals surface area contributed by atoms with Gasteiger partial charge >= 0.3 is 0 Å². The molecule has 1 unspecified atom stereocenters. The highest BCUT2D eigenvalue weighted by molar-refractivity contribution is 7.99. The first-order valence-electron chi connectivity index (χ1n) is 10.1. The zero-order valence-corrected chi connectivity index (χ0v) is 19.1. The predicted octanol–water partition coefficient (Wildman–Crippen LogP) is 4.76. The minimum Gasteiger partial charge on any atom is -0.489 e. The topological polar surface area (TPSA) is 73.2 Å².